The van der Waals surface area contributed by atoms with Gasteiger partial charge in [-0.05, 0) is 61.0 Å². The van der Waals surface area contributed by atoms with Crippen molar-refractivity contribution in [3.63, 3.8) is 0 Å². The van der Waals surface area contributed by atoms with Crippen LogP contribution in [0.25, 0.3) is 10.1 Å². The minimum absolute atomic E-state index is 0.365. The second-order valence-corrected chi connectivity index (χ2v) is 10.2. The van der Waals surface area contributed by atoms with Gasteiger partial charge in [-0.2, -0.15) is 0 Å². The molecule has 0 unspecified atom stereocenters. The van der Waals surface area contributed by atoms with Gasteiger partial charge in [0.1, 0.15) is 5.00 Å². The second kappa shape index (κ2) is 8.13. The highest BCUT2D eigenvalue weighted by Crippen LogP contribution is 2.36. The van der Waals surface area contributed by atoms with E-state index in [9.17, 15) is 8.42 Å². The van der Waals surface area contributed by atoms with E-state index in [1.165, 1.54) is 24.2 Å². The Bertz CT molecular complexity index is 1000. The quantitative estimate of drug-likeness (QED) is 0.513. The molecule has 2 aromatic carbocycles. The first-order valence-electron chi connectivity index (χ1n) is 9.96. The number of nitrogens with zero attached hydrogens (tertiary/aromatic N) is 2. The lowest BCUT2D eigenvalue weighted by molar-refractivity contribution is 0.589. The van der Waals surface area contributed by atoms with Gasteiger partial charge in [-0.25, -0.2) is 8.42 Å². The minimum Gasteiger partial charge on any atom is -0.372 e. The van der Waals surface area contributed by atoms with E-state index in [2.05, 4.69) is 11.8 Å². The molecule has 2 heterocycles. The Labute approximate surface area is 171 Å². The molecule has 6 heteroatoms. The van der Waals surface area contributed by atoms with E-state index in [0.29, 0.717) is 11.4 Å². The molecular weight excluding hydrogens is 388 g/mol. The molecule has 0 N–H and O–H groups in total. The van der Waals surface area contributed by atoms with E-state index < -0.39 is 10.0 Å². The van der Waals surface area contributed by atoms with E-state index in [1.54, 1.807) is 16.4 Å². The van der Waals surface area contributed by atoms with Crippen molar-refractivity contribution in [3.05, 3.63) is 54.6 Å². The lowest BCUT2D eigenvalue weighted by Gasteiger charge is -2.23. The van der Waals surface area contributed by atoms with E-state index in [1.807, 2.05) is 42.5 Å². The maximum atomic E-state index is 13.5. The summed E-state index contributed by atoms with van der Waals surface area (Å²) in [6.07, 6.45) is 4.19. The van der Waals surface area contributed by atoms with Gasteiger partial charge in [0.2, 0.25) is 0 Å². The van der Waals surface area contributed by atoms with Crippen molar-refractivity contribution < 1.29 is 8.42 Å². The van der Waals surface area contributed by atoms with Crippen molar-refractivity contribution in [2.24, 2.45) is 0 Å². The van der Waals surface area contributed by atoms with Gasteiger partial charge in [-0.3, -0.25) is 4.31 Å². The molecule has 0 saturated carbocycles. The average molecular weight is 415 g/mol. The van der Waals surface area contributed by atoms with E-state index in [4.69, 9.17) is 0 Å². The monoisotopic (exact) mass is 414 g/mol. The van der Waals surface area contributed by atoms with Crippen LogP contribution in [0.5, 0.6) is 0 Å². The summed E-state index contributed by atoms with van der Waals surface area (Å²) in [7, 11) is -3.59. The summed E-state index contributed by atoms with van der Waals surface area (Å²) in [6.45, 7) is 4.69. The molecule has 1 fully saturated rings. The van der Waals surface area contributed by atoms with Crippen LogP contribution in [0.4, 0.5) is 10.7 Å². The highest BCUT2D eigenvalue weighted by Gasteiger charge is 2.26. The number of rotatable bonds is 7. The molecule has 148 valence electrons. The number of sulfonamides is 1. The van der Waals surface area contributed by atoms with Crippen LogP contribution in [0.2, 0.25) is 0 Å². The predicted octanol–water partition coefficient (Wildman–Crippen LogP) is 5.50. The maximum absolute atomic E-state index is 13.5. The second-order valence-electron chi connectivity index (χ2n) is 7.24. The maximum Gasteiger partial charge on any atom is 0.264 e. The Morgan fingerprint density at radius 3 is 2.43 bits per heavy atom. The first kappa shape index (κ1) is 19.3. The largest absolute Gasteiger partial charge is 0.372 e. The van der Waals surface area contributed by atoms with Crippen molar-refractivity contribution in [1.29, 1.82) is 0 Å². The Morgan fingerprint density at radius 1 is 1.04 bits per heavy atom. The summed E-state index contributed by atoms with van der Waals surface area (Å²) in [5, 5.41) is 1.88. The molecule has 4 rings (SSSR count). The lowest BCUT2D eigenvalue weighted by atomic mass is 10.3. The van der Waals surface area contributed by atoms with Gasteiger partial charge in [-0.1, -0.05) is 31.5 Å². The molecule has 0 spiro atoms. The number of benzene rings is 2. The van der Waals surface area contributed by atoms with Crippen molar-refractivity contribution in [2.45, 2.75) is 37.5 Å². The fraction of sp³-hybridized carbons (Fsp3) is 0.364. The molecule has 1 saturated heterocycles. The van der Waals surface area contributed by atoms with Gasteiger partial charge >= 0.3 is 0 Å². The third kappa shape index (κ3) is 3.76. The first-order valence-corrected chi connectivity index (χ1v) is 12.2. The summed E-state index contributed by atoms with van der Waals surface area (Å²) in [4.78, 5) is 2.68. The first-order chi connectivity index (χ1) is 13.6. The Morgan fingerprint density at radius 2 is 1.75 bits per heavy atom. The molecule has 1 aromatic heterocycles. The normalized spacial score (nSPS) is 14.7. The SMILES string of the molecule is CCCCN(c1cc2ccccc2s1)S(=O)(=O)c1ccc(N2CCCC2)cc1. The lowest BCUT2D eigenvalue weighted by Crippen LogP contribution is -2.31. The molecule has 1 aliphatic rings. The fourth-order valence-electron chi connectivity index (χ4n) is 3.67. The van der Waals surface area contributed by atoms with Crippen LogP contribution in [-0.2, 0) is 10.0 Å². The Kier molecular flexibility index (Phi) is 5.60. The molecule has 0 aliphatic carbocycles. The van der Waals surface area contributed by atoms with Gasteiger partial charge in [0.05, 0.1) is 4.90 Å². The number of hydrogen-bond acceptors (Lipinski definition) is 4. The third-order valence-electron chi connectivity index (χ3n) is 5.27. The standard InChI is InChI=1S/C22H26N2O2S2/c1-2-3-16-24(22-17-18-8-4-5-9-21(18)27-22)28(25,26)20-12-10-19(11-13-20)23-14-6-7-15-23/h4-5,8-13,17H,2-3,6-7,14-16H2,1H3. The molecule has 1 aliphatic heterocycles. The zero-order valence-corrected chi connectivity index (χ0v) is 17.8. The predicted molar refractivity (Wildman–Crippen MR) is 119 cm³/mol. The zero-order chi connectivity index (χ0) is 19.6. The summed E-state index contributed by atoms with van der Waals surface area (Å²) in [5.74, 6) is 0. The number of thiophene rings is 1. The summed E-state index contributed by atoms with van der Waals surface area (Å²) in [6, 6.07) is 17.5. The molecule has 0 atom stereocenters. The highest BCUT2D eigenvalue weighted by atomic mass is 32.2. The minimum atomic E-state index is -3.59. The number of anilines is 2. The Hall–Kier alpha value is -2.05. The summed E-state index contributed by atoms with van der Waals surface area (Å²) >= 11 is 1.54. The molecule has 0 bridgehead atoms. The zero-order valence-electron chi connectivity index (χ0n) is 16.2. The number of unbranched alkanes of at least 4 members (excludes halogenated alkanes) is 1. The number of hydrogen-bond donors (Lipinski definition) is 0. The van der Waals surface area contributed by atoms with E-state index in [-0.39, 0.29) is 0 Å². The van der Waals surface area contributed by atoms with Crippen molar-refractivity contribution in [2.75, 3.05) is 28.8 Å². The van der Waals surface area contributed by atoms with Gasteiger partial charge in [0, 0.05) is 30.0 Å². The van der Waals surface area contributed by atoms with Crippen LogP contribution in [-0.4, -0.2) is 28.1 Å². The van der Waals surface area contributed by atoms with Gasteiger partial charge in [0.25, 0.3) is 10.0 Å². The topological polar surface area (TPSA) is 40.6 Å². The molecule has 28 heavy (non-hydrogen) atoms. The molecule has 4 nitrogen and oxygen atoms in total. The van der Waals surface area contributed by atoms with E-state index in [0.717, 1.165) is 46.7 Å². The Balaban J connectivity index is 1.67. The fourth-order valence-corrected chi connectivity index (χ4v) is 6.47. The van der Waals surface area contributed by atoms with E-state index >= 15 is 0 Å². The highest BCUT2D eigenvalue weighted by molar-refractivity contribution is 7.93. The van der Waals surface area contributed by atoms with Crippen LogP contribution in [0, 0.1) is 0 Å². The summed E-state index contributed by atoms with van der Waals surface area (Å²) < 4.78 is 29.6. The third-order valence-corrected chi connectivity index (χ3v) is 8.35. The number of fused-ring (bicyclic) bond motifs is 1. The average Bonchev–Trinajstić information content (AvgIpc) is 3.38. The molecular formula is C22H26N2O2S2. The summed E-state index contributed by atoms with van der Waals surface area (Å²) in [5.41, 5.74) is 1.11. The van der Waals surface area contributed by atoms with Crippen LogP contribution in [0.1, 0.15) is 32.6 Å². The van der Waals surface area contributed by atoms with Crippen molar-refractivity contribution in [3.8, 4) is 0 Å². The molecule has 0 amide bonds. The van der Waals surface area contributed by atoms with Gasteiger partial charge < -0.3 is 4.90 Å². The molecule has 0 radical (unpaired) electrons. The van der Waals surface area contributed by atoms with Crippen molar-refractivity contribution >= 4 is 42.1 Å². The van der Waals surface area contributed by atoms with Gasteiger partial charge in [0.15, 0.2) is 0 Å². The molecule has 3 aromatic rings. The van der Waals surface area contributed by atoms with Gasteiger partial charge in [-0.15, -0.1) is 11.3 Å². The smallest absolute Gasteiger partial charge is 0.264 e. The van der Waals surface area contributed by atoms with Crippen LogP contribution >= 0.6 is 11.3 Å². The van der Waals surface area contributed by atoms with Crippen molar-refractivity contribution in [1.82, 2.24) is 0 Å². The van der Waals surface area contributed by atoms with Crippen LogP contribution in [0.15, 0.2) is 59.5 Å². The van der Waals surface area contributed by atoms with Crippen LogP contribution < -0.4 is 9.21 Å². The van der Waals surface area contributed by atoms with Crippen LogP contribution in [0.3, 0.4) is 0 Å².